The second-order valence-corrected chi connectivity index (χ2v) is 7.31. The highest BCUT2D eigenvalue weighted by atomic mass is 32.2. The number of aliphatic hydroxyl groups excluding tert-OH is 1. The van der Waals surface area contributed by atoms with Crippen molar-refractivity contribution in [2.45, 2.75) is 32.4 Å². The Morgan fingerprint density at radius 3 is 2.72 bits per heavy atom. The van der Waals surface area contributed by atoms with E-state index in [0.717, 1.165) is 0 Å². The molecular weight excluding hydrogens is 256 g/mol. The molecule has 2 atom stereocenters. The van der Waals surface area contributed by atoms with E-state index in [1.54, 1.807) is 0 Å². The summed E-state index contributed by atoms with van der Waals surface area (Å²) in [6.45, 7) is 4.34. The maximum atomic E-state index is 11.6. The summed E-state index contributed by atoms with van der Waals surface area (Å²) < 4.78 is 22.8. The molecule has 0 spiro atoms. The molecule has 1 aliphatic rings. The summed E-state index contributed by atoms with van der Waals surface area (Å²) in [4.78, 5) is 11.6. The van der Waals surface area contributed by atoms with E-state index in [0.29, 0.717) is 6.54 Å². The molecule has 1 heterocycles. The summed E-state index contributed by atoms with van der Waals surface area (Å²) >= 11 is 0. The Labute approximate surface area is 108 Å². The average Bonchev–Trinajstić information content (AvgIpc) is 2.24. The molecule has 1 fully saturated rings. The highest BCUT2D eigenvalue weighted by molar-refractivity contribution is 7.91. The van der Waals surface area contributed by atoms with E-state index in [1.807, 2.05) is 13.8 Å². The minimum Gasteiger partial charge on any atom is -0.391 e. The van der Waals surface area contributed by atoms with Gasteiger partial charge in [0.2, 0.25) is 5.91 Å². The fourth-order valence-electron chi connectivity index (χ4n) is 1.75. The highest BCUT2D eigenvalue weighted by Crippen LogP contribution is 2.05. The van der Waals surface area contributed by atoms with Crippen LogP contribution in [0.1, 0.15) is 20.3 Å². The van der Waals surface area contributed by atoms with Gasteiger partial charge in [-0.1, -0.05) is 13.8 Å². The summed E-state index contributed by atoms with van der Waals surface area (Å²) in [6, 6.07) is -0.319. The molecule has 0 aromatic heterocycles. The molecule has 1 amide bonds. The summed E-state index contributed by atoms with van der Waals surface area (Å²) in [5.74, 6) is -0.00701. The smallest absolute Gasteiger partial charge is 0.221 e. The van der Waals surface area contributed by atoms with Gasteiger partial charge in [-0.2, -0.15) is 0 Å². The lowest BCUT2D eigenvalue weighted by Crippen LogP contribution is -2.48. The van der Waals surface area contributed by atoms with Crippen molar-refractivity contribution in [3.05, 3.63) is 0 Å². The predicted molar refractivity (Wildman–Crippen MR) is 68.9 cm³/mol. The van der Waals surface area contributed by atoms with Crippen LogP contribution in [0.15, 0.2) is 0 Å². The Hall–Kier alpha value is -0.660. The van der Waals surface area contributed by atoms with Crippen LogP contribution >= 0.6 is 0 Å². The molecule has 3 N–H and O–H groups in total. The van der Waals surface area contributed by atoms with E-state index in [4.69, 9.17) is 0 Å². The number of sulfone groups is 1. The van der Waals surface area contributed by atoms with Gasteiger partial charge in [-0.05, 0) is 5.92 Å². The van der Waals surface area contributed by atoms with Crippen LogP contribution in [-0.4, -0.2) is 56.2 Å². The zero-order valence-corrected chi connectivity index (χ0v) is 11.7. The lowest BCUT2D eigenvalue weighted by molar-refractivity contribution is -0.122. The zero-order chi connectivity index (χ0) is 13.8. The number of nitrogens with one attached hydrogen (secondary N) is 2. The molecule has 0 radical (unpaired) electrons. The Kier molecular flexibility index (Phi) is 5.55. The van der Waals surface area contributed by atoms with E-state index in [1.165, 1.54) is 0 Å². The molecule has 106 valence electrons. The first-order valence-corrected chi connectivity index (χ1v) is 8.01. The third kappa shape index (κ3) is 5.32. The van der Waals surface area contributed by atoms with Gasteiger partial charge < -0.3 is 15.7 Å². The van der Waals surface area contributed by atoms with Crippen molar-refractivity contribution in [3.63, 3.8) is 0 Å². The monoisotopic (exact) mass is 278 g/mol. The maximum Gasteiger partial charge on any atom is 0.221 e. The van der Waals surface area contributed by atoms with E-state index >= 15 is 0 Å². The normalized spacial score (nSPS) is 24.8. The van der Waals surface area contributed by atoms with Crippen LogP contribution in [0.3, 0.4) is 0 Å². The van der Waals surface area contributed by atoms with Crippen molar-refractivity contribution in [2.24, 2.45) is 5.92 Å². The topological polar surface area (TPSA) is 95.5 Å². The van der Waals surface area contributed by atoms with Crippen LogP contribution in [0.5, 0.6) is 0 Å². The molecule has 7 heteroatoms. The van der Waals surface area contributed by atoms with Crippen molar-refractivity contribution in [1.29, 1.82) is 0 Å². The van der Waals surface area contributed by atoms with Gasteiger partial charge in [-0.15, -0.1) is 0 Å². The first-order valence-electron chi connectivity index (χ1n) is 6.19. The SMILES string of the molecule is CC(C)C(O)CNC(=O)CC1CS(=O)(=O)CCN1. The molecule has 18 heavy (non-hydrogen) atoms. The lowest BCUT2D eigenvalue weighted by atomic mass is 10.1. The number of rotatable bonds is 5. The molecule has 2 unspecified atom stereocenters. The number of hydrogen-bond donors (Lipinski definition) is 3. The molecule has 1 rings (SSSR count). The molecule has 1 aliphatic heterocycles. The van der Waals surface area contributed by atoms with Gasteiger partial charge in [0, 0.05) is 25.6 Å². The van der Waals surface area contributed by atoms with Crippen molar-refractivity contribution >= 4 is 15.7 Å². The lowest BCUT2D eigenvalue weighted by Gasteiger charge is -2.23. The quantitative estimate of drug-likeness (QED) is 0.593. The molecule has 0 aromatic carbocycles. The minimum atomic E-state index is -3.01. The van der Waals surface area contributed by atoms with E-state index in [9.17, 15) is 18.3 Å². The van der Waals surface area contributed by atoms with Gasteiger partial charge in [-0.3, -0.25) is 4.79 Å². The van der Waals surface area contributed by atoms with Crippen LogP contribution in [0.4, 0.5) is 0 Å². The van der Waals surface area contributed by atoms with Gasteiger partial charge in [0.05, 0.1) is 17.6 Å². The van der Waals surface area contributed by atoms with E-state index in [-0.39, 0.29) is 42.3 Å². The fraction of sp³-hybridized carbons (Fsp3) is 0.909. The van der Waals surface area contributed by atoms with Crippen LogP contribution in [0, 0.1) is 5.92 Å². The predicted octanol–water partition coefficient (Wildman–Crippen LogP) is -1.10. The van der Waals surface area contributed by atoms with Gasteiger partial charge >= 0.3 is 0 Å². The van der Waals surface area contributed by atoms with Crippen molar-refractivity contribution < 1.29 is 18.3 Å². The van der Waals surface area contributed by atoms with E-state index in [2.05, 4.69) is 10.6 Å². The van der Waals surface area contributed by atoms with Crippen LogP contribution in [0.25, 0.3) is 0 Å². The largest absolute Gasteiger partial charge is 0.391 e. The number of carbonyl (C=O) groups is 1. The van der Waals surface area contributed by atoms with Crippen LogP contribution in [-0.2, 0) is 14.6 Å². The number of hydrogen-bond acceptors (Lipinski definition) is 5. The van der Waals surface area contributed by atoms with Gasteiger partial charge in [0.25, 0.3) is 0 Å². The first kappa shape index (κ1) is 15.4. The minimum absolute atomic E-state index is 0.00710. The summed E-state index contributed by atoms with van der Waals surface area (Å²) in [7, 11) is -3.01. The summed E-state index contributed by atoms with van der Waals surface area (Å²) in [5, 5.41) is 15.2. The zero-order valence-electron chi connectivity index (χ0n) is 10.8. The Bertz CT molecular complexity index is 381. The molecule has 0 aromatic rings. The van der Waals surface area contributed by atoms with Gasteiger partial charge in [0.1, 0.15) is 0 Å². The molecular formula is C11H22N2O4S. The van der Waals surface area contributed by atoms with Gasteiger partial charge in [0.15, 0.2) is 9.84 Å². The van der Waals surface area contributed by atoms with Crippen molar-refractivity contribution in [2.75, 3.05) is 24.6 Å². The van der Waals surface area contributed by atoms with Crippen molar-refractivity contribution in [3.8, 4) is 0 Å². The summed E-state index contributed by atoms with van der Waals surface area (Å²) in [5.41, 5.74) is 0. The van der Waals surface area contributed by atoms with Crippen LogP contribution < -0.4 is 10.6 Å². The highest BCUT2D eigenvalue weighted by Gasteiger charge is 2.26. The number of aliphatic hydroxyl groups is 1. The molecule has 6 nitrogen and oxygen atoms in total. The van der Waals surface area contributed by atoms with Gasteiger partial charge in [-0.25, -0.2) is 8.42 Å². The second-order valence-electron chi connectivity index (χ2n) is 5.08. The van der Waals surface area contributed by atoms with Crippen LogP contribution in [0.2, 0.25) is 0 Å². The molecule has 0 aliphatic carbocycles. The van der Waals surface area contributed by atoms with Crippen molar-refractivity contribution in [1.82, 2.24) is 10.6 Å². The second kappa shape index (κ2) is 6.49. The Balaban J connectivity index is 2.32. The standard InChI is InChI=1S/C11H22N2O4S/c1-8(2)10(14)6-13-11(15)5-9-7-18(16,17)4-3-12-9/h8-10,12,14H,3-7H2,1-2H3,(H,13,15). The molecule has 0 saturated carbocycles. The molecule has 0 bridgehead atoms. The fourth-order valence-corrected chi connectivity index (χ4v) is 3.19. The third-order valence-corrected chi connectivity index (χ3v) is 4.75. The Morgan fingerprint density at radius 1 is 1.50 bits per heavy atom. The maximum absolute atomic E-state index is 11.6. The average molecular weight is 278 g/mol. The third-order valence-electron chi connectivity index (χ3n) is 3.01. The summed E-state index contributed by atoms with van der Waals surface area (Å²) in [6.07, 6.45) is -0.443. The number of amides is 1. The molecule has 1 saturated heterocycles. The Morgan fingerprint density at radius 2 is 2.17 bits per heavy atom. The first-order chi connectivity index (χ1) is 8.30. The van der Waals surface area contributed by atoms with E-state index < -0.39 is 15.9 Å². The number of carbonyl (C=O) groups excluding carboxylic acids is 1.